The third-order valence-corrected chi connectivity index (χ3v) is 5.13. The van der Waals surface area contributed by atoms with Crippen LogP contribution < -0.4 is 15.0 Å². The summed E-state index contributed by atoms with van der Waals surface area (Å²) in [5.74, 6) is 0.407. The van der Waals surface area contributed by atoms with E-state index < -0.39 is 23.0 Å². The van der Waals surface area contributed by atoms with Crippen LogP contribution in [0.3, 0.4) is 0 Å². The van der Waals surface area contributed by atoms with Crippen molar-refractivity contribution in [1.82, 2.24) is 4.98 Å². The van der Waals surface area contributed by atoms with Crippen LogP contribution >= 0.6 is 0 Å². The van der Waals surface area contributed by atoms with Crippen LogP contribution in [0.25, 0.3) is 0 Å². The van der Waals surface area contributed by atoms with Gasteiger partial charge in [0.2, 0.25) is 5.75 Å². The molecule has 0 saturated heterocycles. The Hall–Kier alpha value is -3.75. The number of nitrogens with zero attached hydrogens (tertiary/aromatic N) is 3. The Morgan fingerprint density at radius 2 is 1.97 bits per heavy atom. The van der Waals surface area contributed by atoms with Crippen LogP contribution in [0.5, 0.6) is 5.75 Å². The Bertz CT molecular complexity index is 1080. The predicted octanol–water partition coefficient (Wildman–Crippen LogP) is 4.77. The monoisotopic (exact) mass is 426 g/mol. The average molecular weight is 426 g/mol. The molecule has 0 fully saturated rings. The van der Waals surface area contributed by atoms with E-state index in [0.29, 0.717) is 12.2 Å². The first-order valence-corrected chi connectivity index (χ1v) is 9.73. The molecule has 0 bridgehead atoms. The quantitative estimate of drug-likeness (QED) is 0.433. The number of rotatable bonds is 7. The topological polar surface area (TPSA) is 80.5 Å². The molecular weight excluding hydrogens is 406 g/mol. The number of hydrogen-bond acceptors (Lipinski definition) is 6. The number of nitro benzene ring substituents is 1. The van der Waals surface area contributed by atoms with Crippen molar-refractivity contribution < 1.29 is 18.4 Å². The number of fused-ring (bicyclic) bond motifs is 1. The Labute approximate surface area is 177 Å². The van der Waals surface area contributed by atoms with E-state index in [9.17, 15) is 18.9 Å². The summed E-state index contributed by atoms with van der Waals surface area (Å²) in [6.45, 7) is -1.05. The van der Waals surface area contributed by atoms with Crippen LogP contribution in [-0.4, -0.2) is 23.1 Å². The standard InChI is InChI=1S/C22H20F2N4O3/c23-22(24)31-20-11-18(6-7-19(20)28(29)30)25-12-15-5-8-21(26-13-15)27-10-9-16-3-1-2-4-17(16)14-27/h1-8,11,13,22,25H,9-10,12,14H2. The molecule has 0 saturated carbocycles. The zero-order valence-corrected chi connectivity index (χ0v) is 16.5. The third-order valence-electron chi connectivity index (χ3n) is 5.13. The smallest absolute Gasteiger partial charge is 0.387 e. The first kappa shape index (κ1) is 20.5. The van der Waals surface area contributed by atoms with Gasteiger partial charge in [-0.15, -0.1) is 0 Å². The molecule has 160 valence electrons. The van der Waals surface area contributed by atoms with Crippen LogP contribution in [-0.2, 0) is 19.5 Å². The number of benzene rings is 2. The summed E-state index contributed by atoms with van der Waals surface area (Å²) < 4.78 is 29.4. The number of anilines is 2. The lowest BCUT2D eigenvalue weighted by molar-refractivity contribution is -0.386. The van der Waals surface area contributed by atoms with Crippen LogP contribution in [0, 0.1) is 10.1 Å². The van der Waals surface area contributed by atoms with E-state index in [0.717, 1.165) is 37.0 Å². The normalized spacial score (nSPS) is 13.1. The average Bonchev–Trinajstić information content (AvgIpc) is 2.77. The summed E-state index contributed by atoms with van der Waals surface area (Å²) in [7, 11) is 0. The highest BCUT2D eigenvalue weighted by Crippen LogP contribution is 2.31. The minimum atomic E-state index is -3.15. The Morgan fingerprint density at radius 1 is 1.16 bits per heavy atom. The van der Waals surface area contributed by atoms with E-state index in [1.165, 1.54) is 23.3 Å². The SMILES string of the molecule is O=[N+]([O-])c1ccc(NCc2ccc(N3CCc4ccccc4C3)nc2)cc1OC(F)F. The molecule has 1 N–H and O–H groups in total. The number of pyridine rings is 1. The lowest BCUT2D eigenvalue weighted by atomic mass is 10.00. The highest BCUT2D eigenvalue weighted by Gasteiger charge is 2.19. The van der Waals surface area contributed by atoms with Gasteiger partial charge in [-0.3, -0.25) is 10.1 Å². The number of ether oxygens (including phenoxy) is 1. The molecule has 1 aliphatic heterocycles. The number of halogens is 2. The molecule has 31 heavy (non-hydrogen) atoms. The maximum atomic E-state index is 12.5. The van der Waals surface area contributed by atoms with Crippen molar-refractivity contribution in [2.24, 2.45) is 0 Å². The van der Waals surface area contributed by atoms with Gasteiger partial charge < -0.3 is 15.0 Å². The van der Waals surface area contributed by atoms with Gasteiger partial charge in [0.25, 0.3) is 0 Å². The fourth-order valence-electron chi connectivity index (χ4n) is 3.57. The second kappa shape index (κ2) is 8.95. The highest BCUT2D eigenvalue weighted by molar-refractivity contribution is 5.58. The summed E-state index contributed by atoms with van der Waals surface area (Å²) >= 11 is 0. The fraction of sp³-hybridized carbons (Fsp3) is 0.227. The van der Waals surface area contributed by atoms with Crippen LogP contribution in [0.4, 0.5) is 26.0 Å². The minimum absolute atomic E-state index is 0.377. The van der Waals surface area contributed by atoms with Gasteiger partial charge >= 0.3 is 12.3 Å². The van der Waals surface area contributed by atoms with Gasteiger partial charge in [-0.2, -0.15) is 8.78 Å². The first-order chi connectivity index (χ1) is 15.0. The third kappa shape index (κ3) is 4.88. The Balaban J connectivity index is 1.40. The van der Waals surface area contributed by atoms with Crippen molar-refractivity contribution in [2.45, 2.75) is 26.1 Å². The number of nitrogens with one attached hydrogen (secondary N) is 1. The molecule has 0 amide bonds. The van der Waals surface area contributed by atoms with Crippen molar-refractivity contribution in [3.63, 3.8) is 0 Å². The van der Waals surface area contributed by atoms with E-state index in [2.05, 4.69) is 38.1 Å². The maximum absolute atomic E-state index is 12.5. The van der Waals surface area contributed by atoms with Crippen molar-refractivity contribution in [2.75, 3.05) is 16.8 Å². The molecule has 7 nitrogen and oxygen atoms in total. The molecule has 2 heterocycles. The largest absolute Gasteiger partial charge is 0.427 e. The Morgan fingerprint density at radius 3 is 2.68 bits per heavy atom. The summed E-state index contributed by atoms with van der Waals surface area (Å²) in [4.78, 5) is 17.0. The van der Waals surface area contributed by atoms with Gasteiger partial charge in [0.05, 0.1) is 4.92 Å². The summed E-state index contributed by atoms with van der Waals surface area (Å²) in [6, 6.07) is 16.1. The second-order valence-corrected chi connectivity index (χ2v) is 7.14. The van der Waals surface area contributed by atoms with Crippen molar-refractivity contribution in [3.8, 4) is 5.75 Å². The number of nitro groups is 1. The minimum Gasteiger partial charge on any atom is -0.427 e. The van der Waals surface area contributed by atoms with E-state index in [4.69, 9.17) is 0 Å². The molecule has 0 unspecified atom stereocenters. The van der Waals surface area contributed by atoms with E-state index in [-0.39, 0.29) is 0 Å². The fourth-order valence-corrected chi connectivity index (χ4v) is 3.57. The molecule has 2 aromatic carbocycles. The molecule has 0 radical (unpaired) electrons. The molecule has 9 heteroatoms. The summed E-state index contributed by atoms with van der Waals surface area (Å²) in [5.41, 5.74) is 3.48. The van der Waals surface area contributed by atoms with E-state index >= 15 is 0 Å². The van der Waals surface area contributed by atoms with Gasteiger partial charge in [0, 0.05) is 43.7 Å². The van der Waals surface area contributed by atoms with Gasteiger partial charge in [-0.25, -0.2) is 4.98 Å². The zero-order valence-electron chi connectivity index (χ0n) is 16.5. The zero-order chi connectivity index (χ0) is 21.8. The van der Waals surface area contributed by atoms with Crippen molar-refractivity contribution in [1.29, 1.82) is 0 Å². The lowest BCUT2D eigenvalue weighted by Gasteiger charge is -2.29. The second-order valence-electron chi connectivity index (χ2n) is 7.14. The number of alkyl halides is 2. The van der Waals surface area contributed by atoms with Crippen LogP contribution in [0.15, 0.2) is 60.8 Å². The van der Waals surface area contributed by atoms with Gasteiger partial charge in [-0.05, 0) is 35.2 Å². The maximum Gasteiger partial charge on any atom is 0.387 e. The lowest BCUT2D eigenvalue weighted by Crippen LogP contribution is -2.30. The highest BCUT2D eigenvalue weighted by atomic mass is 19.3. The van der Waals surface area contributed by atoms with E-state index in [1.807, 2.05) is 18.2 Å². The molecule has 0 aliphatic carbocycles. The molecular formula is C22H20F2N4O3. The summed E-state index contributed by atoms with van der Waals surface area (Å²) in [5, 5.41) is 14.0. The predicted molar refractivity (Wildman–Crippen MR) is 112 cm³/mol. The molecule has 3 aromatic rings. The molecule has 1 aliphatic rings. The molecule has 0 atom stereocenters. The van der Waals surface area contributed by atoms with Gasteiger partial charge in [-0.1, -0.05) is 30.3 Å². The Kier molecular flexibility index (Phi) is 5.92. The van der Waals surface area contributed by atoms with Gasteiger partial charge in [0.15, 0.2) is 0 Å². The number of aromatic nitrogens is 1. The van der Waals surface area contributed by atoms with Crippen LogP contribution in [0.2, 0.25) is 0 Å². The van der Waals surface area contributed by atoms with Crippen molar-refractivity contribution >= 4 is 17.2 Å². The van der Waals surface area contributed by atoms with Gasteiger partial charge in [0.1, 0.15) is 5.82 Å². The first-order valence-electron chi connectivity index (χ1n) is 9.73. The van der Waals surface area contributed by atoms with Crippen molar-refractivity contribution in [3.05, 3.63) is 87.6 Å². The summed E-state index contributed by atoms with van der Waals surface area (Å²) in [6.07, 6.45) is 2.73. The van der Waals surface area contributed by atoms with E-state index in [1.54, 1.807) is 6.20 Å². The molecule has 1 aromatic heterocycles. The molecule has 0 spiro atoms. The van der Waals surface area contributed by atoms with Crippen LogP contribution in [0.1, 0.15) is 16.7 Å². The molecule has 4 rings (SSSR count). The number of hydrogen-bond donors (Lipinski definition) is 1.